The van der Waals surface area contributed by atoms with Crippen molar-refractivity contribution in [2.75, 3.05) is 36.2 Å². The first-order chi connectivity index (χ1) is 9.00. The van der Waals surface area contributed by atoms with Gasteiger partial charge in [0, 0.05) is 30.9 Å². The zero-order valence-electron chi connectivity index (χ0n) is 11.0. The molecule has 0 saturated carbocycles. The molecule has 2 rings (SSSR count). The lowest BCUT2D eigenvalue weighted by molar-refractivity contribution is 0.261. The molecule has 1 fully saturated rings. The lowest BCUT2D eigenvalue weighted by Gasteiger charge is -2.33. The van der Waals surface area contributed by atoms with E-state index in [1.807, 2.05) is 11.8 Å². The number of aromatic nitrogens is 2. The van der Waals surface area contributed by atoms with Gasteiger partial charge in [-0.1, -0.05) is 11.3 Å². The van der Waals surface area contributed by atoms with E-state index >= 15 is 0 Å². The second-order valence-corrected chi connectivity index (χ2v) is 8.78. The molecule has 0 aliphatic carbocycles. The van der Waals surface area contributed by atoms with Crippen molar-refractivity contribution in [2.45, 2.75) is 18.8 Å². The Morgan fingerprint density at radius 2 is 2.26 bits per heavy atom. The van der Waals surface area contributed by atoms with Crippen LogP contribution >= 0.6 is 23.1 Å². The van der Waals surface area contributed by atoms with E-state index in [0.717, 1.165) is 29.0 Å². The van der Waals surface area contributed by atoms with Gasteiger partial charge in [0.25, 0.3) is 0 Å². The van der Waals surface area contributed by atoms with E-state index in [9.17, 15) is 8.42 Å². The molecule has 1 aromatic heterocycles. The summed E-state index contributed by atoms with van der Waals surface area (Å²) >= 11 is 3.18. The minimum Gasteiger partial charge on any atom is -0.360 e. The Balaban J connectivity index is 2.06. The Hall–Kier alpha value is -0.380. The van der Waals surface area contributed by atoms with E-state index in [-0.39, 0.29) is 0 Å². The Labute approximate surface area is 121 Å². The van der Waals surface area contributed by atoms with E-state index in [1.54, 1.807) is 11.8 Å². The van der Waals surface area contributed by atoms with Crippen LogP contribution in [-0.4, -0.2) is 59.7 Å². The molecule has 6 nitrogen and oxygen atoms in total. The molecule has 1 aromatic rings. The number of rotatable bonds is 5. The number of anilines is 1. The third-order valence-electron chi connectivity index (χ3n) is 2.82. The van der Waals surface area contributed by atoms with Gasteiger partial charge in [-0.3, -0.25) is 4.90 Å². The van der Waals surface area contributed by atoms with Crippen LogP contribution in [-0.2, 0) is 16.4 Å². The standard InChI is InChI=1S/C10H18N4O2S3/c1-3-11-10-13-12-8(18-10)6-14-4-5-17-7-9(14)19(2,15)16/h9H,3-7H2,1-2H3,(H,11,13). The van der Waals surface area contributed by atoms with Crippen LogP contribution in [0.4, 0.5) is 5.13 Å². The summed E-state index contributed by atoms with van der Waals surface area (Å²) in [7, 11) is -3.05. The van der Waals surface area contributed by atoms with Crippen molar-refractivity contribution >= 4 is 38.1 Å². The van der Waals surface area contributed by atoms with Crippen molar-refractivity contribution in [1.29, 1.82) is 0 Å². The molecule has 1 unspecified atom stereocenters. The summed E-state index contributed by atoms with van der Waals surface area (Å²) in [4.78, 5) is 1.99. The van der Waals surface area contributed by atoms with Crippen LogP contribution in [0.15, 0.2) is 0 Å². The molecule has 1 aliphatic heterocycles. The molecule has 0 spiro atoms. The average molecular weight is 322 g/mol. The van der Waals surface area contributed by atoms with Crippen LogP contribution in [0.3, 0.4) is 0 Å². The zero-order chi connectivity index (χ0) is 13.9. The number of nitrogens with one attached hydrogen (secondary N) is 1. The first kappa shape index (κ1) is 15.0. The van der Waals surface area contributed by atoms with Crippen LogP contribution in [0.1, 0.15) is 11.9 Å². The lowest BCUT2D eigenvalue weighted by atomic mass is 10.4. The van der Waals surface area contributed by atoms with Crippen molar-refractivity contribution in [3.63, 3.8) is 0 Å². The Morgan fingerprint density at radius 3 is 2.95 bits per heavy atom. The quantitative estimate of drug-likeness (QED) is 0.863. The van der Waals surface area contributed by atoms with Gasteiger partial charge in [-0.2, -0.15) is 11.8 Å². The number of sulfone groups is 1. The lowest BCUT2D eigenvalue weighted by Crippen LogP contribution is -2.46. The maximum Gasteiger partial charge on any atom is 0.205 e. The summed E-state index contributed by atoms with van der Waals surface area (Å²) < 4.78 is 23.6. The highest BCUT2D eigenvalue weighted by molar-refractivity contribution is 8.00. The molecule has 1 saturated heterocycles. The molecule has 2 heterocycles. The Kier molecular flexibility index (Phi) is 5.04. The van der Waals surface area contributed by atoms with Crippen LogP contribution in [0.5, 0.6) is 0 Å². The molecule has 1 atom stereocenters. The van der Waals surface area contributed by atoms with Gasteiger partial charge in [0.05, 0.1) is 6.54 Å². The normalized spacial score (nSPS) is 21.5. The molecule has 108 valence electrons. The second kappa shape index (κ2) is 6.38. The van der Waals surface area contributed by atoms with E-state index < -0.39 is 15.2 Å². The van der Waals surface area contributed by atoms with Gasteiger partial charge in [-0.25, -0.2) is 8.42 Å². The van der Waals surface area contributed by atoms with Crippen LogP contribution < -0.4 is 5.32 Å². The Bertz CT molecular complexity index is 517. The smallest absolute Gasteiger partial charge is 0.205 e. The fourth-order valence-corrected chi connectivity index (χ4v) is 5.68. The van der Waals surface area contributed by atoms with Gasteiger partial charge >= 0.3 is 0 Å². The number of thioether (sulfide) groups is 1. The van der Waals surface area contributed by atoms with Gasteiger partial charge in [0.15, 0.2) is 9.84 Å². The topological polar surface area (TPSA) is 75.2 Å². The van der Waals surface area contributed by atoms with E-state index in [4.69, 9.17) is 0 Å². The first-order valence-corrected chi connectivity index (χ1v) is 10.00. The third-order valence-corrected chi connectivity index (χ3v) is 6.37. The van der Waals surface area contributed by atoms with E-state index in [0.29, 0.717) is 12.3 Å². The molecular formula is C10H18N4O2S3. The van der Waals surface area contributed by atoms with Gasteiger partial charge in [0.2, 0.25) is 5.13 Å². The van der Waals surface area contributed by atoms with Crippen molar-refractivity contribution in [2.24, 2.45) is 0 Å². The molecule has 0 amide bonds. The van der Waals surface area contributed by atoms with Crippen LogP contribution in [0.2, 0.25) is 0 Å². The largest absolute Gasteiger partial charge is 0.360 e. The van der Waals surface area contributed by atoms with Gasteiger partial charge < -0.3 is 5.32 Å². The predicted molar refractivity (Wildman–Crippen MR) is 80.4 cm³/mol. The molecule has 1 aliphatic rings. The highest BCUT2D eigenvalue weighted by Crippen LogP contribution is 2.24. The number of hydrogen-bond donors (Lipinski definition) is 1. The predicted octanol–water partition coefficient (Wildman–Crippen LogP) is 0.889. The van der Waals surface area contributed by atoms with Crippen molar-refractivity contribution in [3.8, 4) is 0 Å². The summed E-state index contributed by atoms with van der Waals surface area (Å²) in [5.41, 5.74) is 0. The minimum absolute atomic E-state index is 0.405. The van der Waals surface area contributed by atoms with Crippen LogP contribution in [0, 0.1) is 0 Å². The highest BCUT2D eigenvalue weighted by Gasteiger charge is 2.31. The number of hydrogen-bond acceptors (Lipinski definition) is 8. The fraction of sp³-hybridized carbons (Fsp3) is 0.800. The molecule has 9 heteroatoms. The summed E-state index contributed by atoms with van der Waals surface area (Å²) in [5, 5.41) is 12.5. The van der Waals surface area contributed by atoms with Gasteiger partial charge in [0.1, 0.15) is 10.4 Å². The molecule has 0 radical (unpaired) electrons. The molecule has 0 bridgehead atoms. The summed E-state index contributed by atoms with van der Waals surface area (Å²) in [6, 6.07) is 0. The molecule has 1 N–H and O–H groups in total. The van der Waals surface area contributed by atoms with Crippen molar-refractivity contribution < 1.29 is 8.42 Å². The van der Waals surface area contributed by atoms with Crippen molar-refractivity contribution in [1.82, 2.24) is 15.1 Å². The summed E-state index contributed by atoms with van der Waals surface area (Å²) in [6.07, 6.45) is 1.31. The average Bonchev–Trinajstić information content (AvgIpc) is 2.76. The van der Waals surface area contributed by atoms with Gasteiger partial charge in [-0.05, 0) is 6.92 Å². The second-order valence-electron chi connectivity index (χ2n) is 4.36. The summed E-state index contributed by atoms with van der Waals surface area (Å²) in [6.45, 7) is 4.14. The maximum atomic E-state index is 11.8. The zero-order valence-corrected chi connectivity index (χ0v) is 13.4. The monoisotopic (exact) mass is 322 g/mol. The summed E-state index contributed by atoms with van der Waals surface area (Å²) in [5.74, 6) is 1.60. The van der Waals surface area contributed by atoms with E-state index in [2.05, 4.69) is 15.5 Å². The molecule has 0 aromatic carbocycles. The highest BCUT2D eigenvalue weighted by atomic mass is 32.2. The maximum absolute atomic E-state index is 11.8. The molecule has 19 heavy (non-hydrogen) atoms. The Morgan fingerprint density at radius 1 is 1.47 bits per heavy atom. The number of nitrogens with zero attached hydrogens (tertiary/aromatic N) is 3. The van der Waals surface area contributed by atoms with E-state index in [1.165, 1.54) is 17.6 Å². The fourth-order valence-electron chi connectivity index (χ4n) is 1.90. The molecular weight excluding hydrogens is 304 g/mol. The van der Waals surface area contributed by atoms with Gasteiger partial charge in [-0.15, -0.1) is 10.2 Å². The SMILES string of the molecule is CCNc1nnc(CN2CCSCC2S(C)(=O)=O)s1. The van der Waals surface area contributed by atoms with Crippen LogP contribution in [0.25, 0.3) is 0 Å². The first-order valence-electron chi connectivity index (χ1n) is 6.07. The minimum atomic E-state index is -3.05. The van der Waals surface area contributed by atoms with Crippen molar-refractivity contribution in [3.05, 3.63) is 5.01 Å². The third kappa shape index (κ3) is 4.04.